The molecule has 2 atom stereocenters. The molecule has 1 N–H and O–H groups in total. The Kier molecular flexibility index (Phi) is 10.1. The van der Waals surface area contributed by atoms with Gasteiger partial charge in [-0.05, 0) is 29.8 Å². The van der Waals surface area contributed by atoms with Gasteiger partial charge in [0, 0.05) is 34.9 Å². The van der Waals surface area contributed by atoms with Crippen molar-refractivity contribution in [1.82, 2.24) is 5.32 Å². The van der Waals surface area contributed by atoms with Crippen LogP contribution in [-0.4, -0.2) is 45.6 Å². The molecule has 21 heteroatoms. The Morgan fingerprint density at radius 2 is 1.52 bits per heavy atom. The maximum Gasteiger partial charge on any atom is 0.474 e. The van der Waals surface area contributed by atoms with Crippen LogP contribution in [0.5, 0.6) is 0 Å². The fourth-order valence-corrected chi connectivity index (χ4v) is 5.53. The summed E-state index contributed by atoms with van der Waals surface area (Å²) in [6.07, 6.45) is -23.3. The van der Waals surface area contributed by atoms with Crippen molar-refractivity contribution >= 4 is 38.9 Å². The van der Waals surface area contributed by atoms with E-state index in [1.807, 2.05) is 0 Å². The predicted molar refractivity (Wildman–Crippen MR) is 137 cm³/mol. The quantitative estimate of drug-likeness (QED) is 0.308. The normalized spacial score (nSPS) is 18.8. The van der Waals surface area contributed by atoms with Gasteiger partial charge in [0.05, 0.1) is 26.6 Å². The van der Waals surface area contributed by atoms with Crippen LogP contribution in [0.4, 0.5) is 52.7 Å². The van der Waals surface area contributed by atoms with Crippen molar-refractivity contribution in [1.29, 1.82) is 0 Å². The molecule has 0 aliphatic carbocycles. The highest BCUT2D eigenvalue weighted by Crippen LogP contribution is 2.51. The van der Waals surface area contributed by atoms with E-state index in [-0.39, 0.29) is 34.3 Å². The zero-order valence-electron chi connectivity index (χ0n) is 22.6. The first-order valence-corrected chi connectivity index (χ1v) is 14.6. The van der Waals surface area contributed by atoms with Crippen molar-refractivity contribution < 1.29 is 71.3 Å². The number of carbonyl (C=O) groups is 2. The van der Waals surface area contributed by atoms with Crippen LogP contribution in [0.3, 0.4) is 0 Å². The molecule has 0 aromatic heterocycles. The van der Waals surface area contributed by atoms with Crippen LogP contribution in [-0.2, 0) is 48.7 Å². The molecule has 2 amide bonds. The SMILES string of the molecule is CCS(=O)(CC(=O)NCc1ccc(C2=NOC(c3cc(C(F)(F)F)cc(C(F)(F)F)c3)(C(F)(F)F)C2)cc1Cl)=NC(=O)C(F)(F)F. The molecule has 2 aromatic carbocycles. The molecule has 254 valence electrons. The maximum absolute atomic E-state index is 14.3. The largest absolute Gasteiger partial charge is 0.474 e. The molecular weight excluding hydrogens is 702 g/mol. The van der Waals surface area contributed by atoms with Gasteiger partial charge in [-0.1, -0.05) is 35.8 Å². The molecule has 46 heavy (non-hydrogen) atoms. The van der Waals surface area contributed by atoms with Crippen LogP contribution in [0.1, 0.15) is 41.2 Å². The van der Waals surface area contributed by atoms with E-state index in [0.29, 0.717) is 0 Å². The Balaban J connectivity index is 1.86. The number of hydrogen-bond donors (Lipinski definition) is 1. The smallest absolute Gasteiger partial charge is 0.374 e. The van der Waals surface area contributed by atoms with Gasteiger partial charge in [-0.3, -0.25) is 9.59 Å². The molecular formula is C25H18ClF12N3O4S. The number of benzene rings is 2. The van der Waals surface area contributed by atoms with Crippen LogP contribution < -0.4 is 5.32 Å². The third-order valence-corrected chi connectivity index (χ3v) is 8.87. The molecule has 1 heterocycles. The van der Waals surface area contributed by atoms with Gasteiger partial charge in [0.25, 0.3) is 5.60 Å². The van der Waals surface area contributed by atoms with Gasteiger partial charge in [-0.15, -0.1) is 0 Å². The van der Waals surface area contributed by atoms with Crippen LogP contribution in [0, 0.1) is 0 Å². The number of carbonyl (C=O) groups excluding carboxylic acids is 2. The number of alkyl halides is 12. The highest BCUT2D eigenvalue weighted by molar-refractivity contribution is 7.94. The summed E-state index contributed by atoms with van der Waals surface area (Å²) in [5.74, 6) is -5.43. The molecule has 1 aliphatic rings. The lowest BCUT2D eigenvalue weighted by atomic mass is 9.84. The van der Waals surface area contributed by atoms with Crippen molar-refractivity contribution in [3.63, 3.8) is 0 Å². The van der Waals surface area contributed by atoms with Gasteiger partial charge in [0.15, 0.2) is 0 Å². The first-order valence-electron chi connectivity index (χ1n) is 12.3. The van der Waals surface area contributed by atoms with E-state index in [9.17, 15) is 66.5 Å². The summed E-state index contributed by atoms with van der Waals surface area (Å²) in [7, 11) is -3.94. The fraction of sp³-hybridized carbons (Fsp3) is 0.400. The predicted octanol–water partition coefficient (Wildman–Crippen LogP) is 7.15. The van der Waals surface area contributed by atoms with Crippen molar-refractivity contribution in [3.8, 4) is 0 Å². The van der Waals surface area contributed by atoms with Gasteiger partial charge in [-0.25, -0.2) is 4.21 Å². The van der Waals surface area contributed by atoms with Crippen molar-refractivity contribution in [2.24, 2.45) is 9.52 Å². The van der Waals surface area contributed by atoms with Crippen LogP contribution >= 0.6 is 11.6 Å². The van der Waals surface area contributed by atoms with E-state index < -0.39 is 98.7 Å². The van der Waals surface area contributed by atoms with E-state index in [0.717, 1.165) is 25.1 Å². The summed E-state index contributed by atoms with van der Waals surface area (Å²) in [4.78, 5) is 27.8. The Hall–Kier alpha value is -3.55. The molecule has 2 aromatic rings. The number of nitrogens with zero attached hydrogens (tertiary/aromatic N) is 2. The van der Waals surface area contributed by atoms with Crippen molar-refractivity contribution in [2.45, 2.75) is 50.2 Å². The highest BCUT2D eigenvalue weighted by atomic mass is 35.5. The summed E-state index contributed by atoms with van der Waals surface area (Å²) in [5.41, 5.74) is -10.0. The van der Waals surface area contributed by atoms with Crippen LogP contribution in [0.2, 0.25) is 5.02 Å². The molecule has 0 fully saturated rings. The minimum absolute atomic E-state index is 0.0550. The monoisotopic (exact) mass is 719 g/mol. The Morgan fingerprint density at radius 1 is 0.957 bits per heavy atom. The highest BCUT2D eigenvalue weighted by Gasteiger charge is 2.63. The number of halogens is 13. The lowest BCUT2D eigenvalue weighted by Gasteiger charge is -2.30. The zero-order chi connectivity index (χ0) is 35.1. The summed E-state index contributed by atoms with van der Waals surface area (Å²) in [6, 6.07) is 2.62. The van der Waals surface area contributed by atoms with Crippen LogP contribution in [0.25, 0.3) is 0 Å². The minimum atomic E-state index is -5.58. The summed E-state index contributed by atoms with van der Waals surface area (Å²) in [5, 5.41) is 5.20. The number of oxime groups is 1. The molecule has 1 aliphatic heterocycles. The molecule has 3 rings (SSSR count). The molecule has 0 bridgehead atoms. The van der Waals surface area contributed by atoms with E-state index in [1.165, 1.54) is 0 Å². The van der Waals surface area contributed by atoms with Crippen LogP contribution in [0.15, 0.2) is 45.9 Å². The summed E-state index contributed by atoms with van der Waals surface area (Å²) in [6.45, 7) is 0.661. The zero-order valence-corrected chi connectivity index (χ0v) is 24.2. The minimum Gasteiger partial charge on any atom is -0.374 e. The molecule has 0 saturated heterocycles. The van der Waals surface area contributed by atoms with Gasteiger partial charge in [-0.2, -0.15) is 57.0 Å². The van der Waals surface area contributed by atoms with E-state index in [4.69, 9.17) is 11.6 Å². The summed E-state index contributed by atoms with van der Waals surface area (Å²) >= 11 is 6.13. The lowest BCUT2D eigenvalue weighted by Crippen LogP contribution is -2.43. The van der Waals surface area contributed by atoms with Gasteiger partial charge in [0.1, 0.15) is 5.75 Å². The summed E-state index contributed by atoms with van der Waals surface area (Å²) < 4.78 is 175. The molecule has 7 nitrogen and oxygen atoms in total. The number of rotatable bonds is 7. The lowest BCUT2D eigenvalue weighted by molar-refractivity contribution is -0.276. The Labute approximate surface area is 256 Å². The Bertz CT molecular complexity index is 1640. The van der Waals surface area contributed by atoms with Crippen molar-refractivity contribution in [2.75, 3.05) is 11.5 Å². The average Bonchev–Trinajstić information content (AvgIpc) is 3.38. The van der Waals surface area contributed by atoms with E-state index in [1.54, 1.807) is 0 Å². The van der Waals surface area contributed by atoms with Crippen molar-refractivity contribution in [3.05, 3.63) is 69.2 Å². The average molecular weight is 720 g/mol. The number of amides is 2. The first-order chi connectivity index (χ1) is 20.8. The van der Waals surface area contributed by atoms with E-state index >= 15 is 0 Å². The third kappa shape index (κ3) is 8.23. The second-order valence-electron chi connectivity index (χ2n) is 9.61. The maximum atomic E-state index is 14.3. The second-order valence-corrected chi connectivity index (χ2v) is 12.6. The Morgan fingerprint density at radius 3 is 1.98 bits per heavy atom. The fourth-order valence-electron chi connectivity index (χ4n) is 3.97. The topological polar surface area (TPSA) is 97.2 Å². The second kappa shape index (κ2) is 12.6. The van der Waals surface area contributed by atoms with Gasteiger partial charge >= 0.3 is 30.6 Å². The standard InChI is InChI=1S/C25H18ClF12N3O4S/c1-2-46(44,41-20(43)24(33,34)35)11-19(42)39-10-13-4-3-12(5-17(13)26)18-9-21(45-40-18,25(36,37)38)14-6-15(22(27,28)29)8-16(7-14)23(30,31)32/h3-8H,2,9-11H2,1H3,(H,39,42). The van der Waals surface area contributed by atoms with E-state index in [2.05, 4.69) is 19.7 Å². The van der Waals surface area contributed by atoms with Gasteiger partial charge in [0.2, 0.25) is 5.91 Å². The molecule has 0 radical (unpaired) electrons. The first kappa shape index (κ1) is 36.9. The third-order valence-electron chi connectivity index (χ3n) is 6.40. The molecule has 0 saturated carbocycles. The number of hydrogen-bond acceptors (Lipinski definition) is 5. The molecule has 2 unspecified atom stereocenters. The molecule has 0 spiro atoms. The van der Waals surface area contributed by atoms with Gasteiger partial charge < -0.3 is 10.2 Å². The number of nitrogens with one attached hydrogen (secondary N) is 1.